The molecule has 0 spiro atoms. The minimum absolute atomic E-state index is 1.65. The second-order valence-electron chi connectivity index (χ2n) is 0.683. The summed E-state index contributed by atoms with van der Waals surface area (Å²) in [6.45, 7) is 0. The number of hydrogen-bond acceptors (Lipinski definition) is 2. The van der Waals surface area contributed by atoms with E-state index in [9.17, 15) is 0 Å². The van der Waals surface area contributed by atoms with Gasteiger partial charge in [0, 0.05) is 0 Å². The van der Waals surface area contributed by atoms with Gasteiger partial charge in [-0.05, 0) is 10.8 Å². The van der Waals surface area contributed by atoms with Gasteiger partial charge < -0.3 is 0 Å². The summed E-state index contributed by atoms with van der Waals surface area (Å²) in [6, 6.07) is 0. The van der Waals surface area contributed by atoms with Crippen LogP contribution < -0.4 is 0 Å². The van der Waals surface area contributed by atoms with Crippen LogP contribution in [0, 0.1) is 0 Å². The van der Waals surface area contributed by atoms with Gasteiger partial charge >= 0.3 is 0 Å². The third-order valence-electron chi connectivity index (χ3n) is 0.283. The molecule has 34 valence electrons. The van der Waals surface area contributed by atoms with Gasteiger partial charge in [-0.25, -0.2) is 0 Å². The molecule has 0 saturated heterocycles. The van der Waals surface area contributed by atoms with Gasteiger partial charge in [0.15, 0.2) is 0 Å². The lowest BCUT2D eigenvalue weighted by molar-refractivity contribution is 2.11. The molecule has 0 atom stereocenters. The average molecular weight is 118 g/mol. The molecule has 2 heteroatoms. The minimum Gasteiger partial charge on any atom is -0.151 e. The number of thiol groups is 2. The summed E-state index contributed by atoms with van der Waals surface area (Å²) in [4.78, 5) is 0. The predicted molar refractivity (Wildman–Crippen MR) is 36.3 cm³/mol. The van der Waals surface area contributed by atoms with E-state index >= 15 is 0 Å². The molecular weight excluding hydrogens is 112 g/mol. The predicted octanol–water partition coefficient (Wildman–Crippen LogP) is 1.87. The molecule has 0 N–H and O–H groups in total. The lowest BCUT2D eigenvalue weighted by Crippen LogP contribution is -1.34. The Morgan fingerprint density at radius 2 is 1.17 bits per heavy atom. The zero-order valence-electron chi connectivity index (χ0n) is 3.20. The molecule has 0 unspecified atom stereocenters. The first-order chi connectivity index (χ1) is 2.91. The van der Waals surface area contributed by atoms with Crippen molar-refractivity contribution < 1.29 is 0 Å². The number of hydrogen-bond donors (Lipinski definition) is 2. The summed E-state index contributed by atoms with van der Waals surface area (Å²) in [5.41, 5.74) is 0. The Kier molecular flexibility index (Phi) is 5.34. The Balaban J connectivity index is 3.07. The van der Waals surface area contributed by atoms with Crippen molar-refractivity contribution in [3.63, 3.8) is 0 Å². The molecule has 0 aliphatic heterocycles. The first-order valence-electron chi connectivity index (χ1n) is 1.52. The molecule has 0 rings (SSSR count). The normalized spacial score (nSPS) is 11.7. The van der Waals surface area contributed by atoms with Gasteiger partial charge in [0.2, 0.25) is 0 Å². The van der Waals surface area contributed by atoms with Gasteiger partial charge in [-0.1, -0.05) is 12.2 Å². The number of allylic oxidation sites excluding steroid dienone is 2. The standard InChI is InChI=1S/C4H6S2/c5-3-1-2-4-6/h1-6H. The Labute approximate surface area is 48.8 Å². The van der Waals surface area contributed by atoms with Crippen molar-refractivity contribution in [3.05, 3.63) is 23.0 Å². The van der Waals surface area contributed by atoms with Gasteiger partial charge in [0.05, 0.1) is 0 Å². The highest BCUT2D eigenvalue weighted by Gasteiger charge is 1.49. The van der Waals surface area contributed by atoms with Crippen LogP contribution in [-0.2, 0) is 0 Å². The summed E-state index contributed by atoms with van der Waals surface area (Å²) in [6.07, 6.45) is 3.58. The van der Waals surface area contributed by atoms with E-state index in [-0.39, 0.29) is 0 Å². The van der Waals surface area contributed by atoms with Crippen LogP contribution >= 0.6 is 25.3 Å². The molecule has 0 aliphatic rings. The summed E-state index contributed by atoms with van der Waals surface area (Å²) in [5.74, 6) is 0. The average Bonchev–Trinajstić information content (AvgIpc) is 1.61. The van der Waals surface area contributed by atoms with E-state index in [2.05, 4.69) is 25.3 Å². The molecule has 0 aromatic carbocycles. The van der Waals surface area contributed by atoms with Crippen molar-refractivity contribution in [2.75, 3.05) is 0 Å². The molecule has 0 nitrogen and oxygen atoms in total. The molecule has 0 heterocycles. The Hall–Kier alpha value is 0.180. The maximum atomic E-state index is 3.79. The fourth-order valence-corrected chi connectivity index (χ4v) is 0.298. The summed E-state index contributed by atoms with van der Waals surface area (Å²) < 4.78 is 0. The van der Waals surface area contributed by atoms with Gasteiger partial charge in [-0.3, -0.25) is 0 Å². The SMILES string of the molecule is SC=CC=CS. The first-order valence-corrected chi connectivity index (χ1v) is 2.55. The second-order valence-corrected chi connectivity index (χ2v) is 1.28. The Bertz CT molecular complexity index is 53.9. The lowest BCUT2D eigenvalue weighted by Gasteiger charge is -1.61. The summed E-state index contributed by atoms with van der Waals surface area (Å²) in [5, 5.41) is 3.29. The smallest absolute Gasteiger partial charge is 0.0324 e. The second kappa shape index (κ2) is 5.18. The Morgan fingerprint density at radius 3 is 1.33 bits per heavy atom. The van der Waals surface area contributed by atoms with Crippen LogP contribution in [0.25, 0.3) is 0 Å². The summed E-state index contributed by atoms with van der Waals surface area (Å²) >= 11 is 7.58. The molecule has 0 aromatic heterocycles. The van der Waals surface area contributed by atoms with Crippen molar-refractivity contribution in [2.24, 2.45) is 0 Å². The van der Waals surface area contributed by atoms with Crippen LogP contribution in [0.15, 0.2) is 23.0 Å². The van der Waals surface area contributed by atoms with E-state index in [1.54, 1.807) is 23.0 Å². The van der Waals surface area contributed by atoms with Crippen LogP contribution in [0.1, 0.15) is 0 Å². The maximum Gasteiger partial charge on any atom is -0.0324 e. The number of rotatable bonds is 1. The van der Waals surface area contributed by atoms with Crippen LogP contribution in [0.5, 0.6) is 0 Å². The van der Waals surface area contributed by atoms with Gasteiger partial charge in [-0.2, -0.15) is 25.3 Å². The van der Waals surface area contributed by atoms with Gasteiger partial charge in [0.25, 0.3) is 0 Å². The van der Waals surface area contributed by atoms with E-state index in [4.69, 9.17) is 0 Å². The molecule has 6 heavy (non-hydrogen) atoms. The van der Waals surface area contributed by atoms with E-state index in [0.717, 1.165) is 0 Å². The molecule has 0 saturated carbocycles. The van der Waals surface area contributed by atoms with Crippen molar-refractivity contribution >= 4 is 25.3 Å². The van der Waals surface area contributed by atoms with E-state index in [1.807, 2.05) is 0 Å². The first kappa shape index (κ1) is 6.18. The third-order valence-corrected chi connectivity index (χ3v) is 0.628. The molecule has 0 bridgehead atoms. The van der Waals surface area contributed by atoms with Crippen molar-refractivity contribution in [1.82, 2.24) is 0 Å². The quantitative estimate of drug-likeness (QED) is 0.381. The molecular formula is C4H6S2. The molecule has 0 aliphatic carbocycles. The molecule has 0 fully saturated rings. The van der Waals surface area contributed by atoms with Crippen LogP contribution in [0.2, 0.25) is 0 Å². The molecule has 0 radical (unpaired) electrons. The van der Waals surface area contributed by atoms with Crippen LogP contribution in [-0.4, -0.2) is 0 Å². The third kappa shape index (κ3) is 4.18. The zero-order valence-corrected chi connectivity index (χ0v) is 4.99. The fourth-order valence-electron chi connectivity index (χ4n) is 0.0994. The van der Waals surface area contributed by atoms with Crippen LogP contribution in [0.3, 0.4) is 0 Å². The van der Waals surface area contributed by atoms with E-state index < -0.39 is 0 Å². The fraction of sp³-hybridized carbons (Fsp3) is 0. The minimum atomic E-state index is 1.65. The zero-order chi connectivity index (χ0) is 4.83. The highest BCUT2D eigenvalue weighted by Crippen LogP contribution is 1.80. The molecule has 0 amide bonds. The molecule has 0 aromatic rings. The highest BCUT2D eigenvalue weighted by atomic mass is 32.1. The summed E-state index contributed by atoms with van der Waals surface area (Å²) in [7, 11) is 0. The van der Waals surface area contributed by atoms with Crippen molar-refractivity contribution in [1.29, 1.82) is 0 Å². The lowest BCUT2D eigenvalue weighted by atomic mass is 10.6. The maximum absolute atomic E-state index is 3.79. The Morgan fingerprint density at radius 1 is 0.833 bits per heavy atom. The highest BCUT2D eigenvalue weighted by molar-refractivity contribution is 7.83. The largest absolute Gasteiger partial charge is 0.151 e. The van der Waals surface area contributed by atoms with Crippen LogP contribution in [0.4, 0.5) is 0 Å². The topological polar surface area (TPSA) is 0 Å². The van der Waals surface area contributed by atoms with E-state index in [1.165, 1.54) is 0 Å². The van der Waals surface area contributed by atoms with Crippen molar-refractivity contribution in [3.8, 4) is 0 Å². The van der Waals surface area contributed by atoms with Gasteiger partial charge in [-0.15, -0.1) is 0 Å². The van der Waals surface area contributed by atoms with Crippen molar-refractivity contribution in [2.45, 2.75) is 0 Å². The van der Waals surface area contributed by atoms with Gasteiger partial charge in [0.1, 0.15) is 0 Å². The monoisotopic (exact) mass is 118 g/mol. The van der Waals surface area contributed by atoms with E-state index in [0.29, 0.717) is 0 Å².